The largest absolute Gasteiger partial charge is 0.356 e. The highest BCUT2D eigenvalue weighted by molar-refractivity contribution is 14.0. The maximum atomic E-state index is 13.6. The molecular weight excluding hydrogens is 418 g/mol. The van der Waals surface area contributed by atoms with Crippen molar-refractivity contribution in [3.63, 3.8) is 0 Å². The first kappa shape index (κ1) is 21.2. The predicted octanol–water partition coefficient (Wildman–Crippen LogP) is 3.15. The molecule has 4 nitrogen and oxygen atoms in total. The summed E-state index contributed by atoms with van der Waals surface area (Å²) in [6.45, 7) is 9.00. The Labute approximate surface area is 162 Å². The summed E-state index contributed by atoms with van der Waals surface area (Å²) >= 11 is 0. The van der Waals surface area contributed by atoms with Gasteiger partial charge in [-0.15, -0.1) is 24.0 Å². The fourth-order valence-electron chi connectivity index (χ4n) is 3.00. The van der Waals surface area contributed by atoms with Crippen LogP contribution < -0.4 is 10.6 Å². The zero-order chi connectivity index (χ0) is 16.7. The van der Waals surface area contributed by atoms with E-state index in [4.69, 9.17) is 0 Å². The lowest BCUT2D eigenvalue weighted by Crippen LogP contribution is -2.44. The Morgan fingerprint density at radius 3 is 2.83 bits per heavy atom. The van der Waals surface area contributed by atoms with Gasteiger partial charge in [-0.1, -0.05) is 19.1 Å². The van der Waals surface area contributed by atoms with E-state index in [1.54, 1.807) is 20.0 Å². The fourth-order valence-corrected chi connectivity index (χ4v) is 3.00. The molecule has 6 heteroatoms. The molecule has 1 aliphatic rings. The van der Waals surface area contributed by atoms with Crippen LogP contribution in [-0.2, 0) is 6.54 Å². The van der Waals surface area contributed by atoms with E-state index in [1.807, 2.05) is 12.1 Å². The molecule has 2 N–H and O–H groups in total. The molecule has 0 radical (unpaired) electrons. The Hall–Kier alpha value is -0.890. The van der Waals surface area contributed by atoms with Crippen LogP contribution in [0.3, 0.4) is 0 Å². The number of aryl methyl sites for hydroxylation is 1. The second-order valence-electron chi connectivity index (χ2n) is 6.29. The third-order valence-corrected chi connectivity index (χ3v) is 4.53. The summed E-state index contributed by atoms with van der Waals surface area (Å²) in [6, 6.07) is 5.33. The first-order chi connectivity index (χ1) is 11.1. The summed E-state index contributed by atoms with van der Waals surface area (Å²) in [7, 11) is 1.77. The van der Waals surface area contributed by atoms with Crippen molar-refractivity contribution >= 4 is 29.9 Å². The van der Waals surface area contributed by atoms with Crippen molar-refractivity contribution in [3.05, 3.63) is 35.1 Å². The maximum absolute atomic E-state index is 13.6. The number of hydrogen-bond acceptors (Lipinski definition) is 2. The average molecular weight is 448 g/mol. The van der Waals surface area contributed by atoms with Crippen LogP contribution in [0.4, 0.5) is 4.39 Å². The van der Waals surface area contributed by atoms with Crippen LogP contribution in [0.15, 0.2) is 23.2 Å². The lowest BCUT2D eigenvalue weighted by Gasteiger charge is -2.32. The van der Waals surface area contributed by atoms with Crippen molar-refractivity contribution in [2.75, 3.05) is 33.2 Å². The fraction of sp³-hybridized carbons (Fsp3) is 0.611. The van der Waals surface area contributed by atoms with Crippen LogP contribution in [0.25, 0.3) is 0 Å². The molecule has 24 heavy (non-hydrogen) atoms. The van der Waals surface area contributed by atoms with Gasteiger partial charge < -0.3 is 15.5 Å². The third kappa shape index (κ3) is 6.55. The van der Waals surface area contributed by atoms with Crippen molar-refractivity contribution in [2.24, 2.45) is 10.9 Å². The van der Waals surface area contributed by atoms with E-state index in [0.717, 1.165) is 31.2 Å². The molecule has 0 saturated carbocycles. The zero-order valence-corrected chi connectivity index (χ0v) is 17.3. The number of guanidine groups is 1. The summed E-state index contributed by atoms with van der Waals surface area (Å²) < 4.78 is 13.6. The number of likely N-dealkylation sites (tertiary alicyclic amines) is 1. The Morgan fingerprint density at radius 1 is 1.38 bits per heavy atom. The number of halogens is 2. The van der Waals surface area contributed by atoms with Gasteiger partial charge in [0.2, 0.25) is 0 Å². The van der Waals surface area contributed by atoms with Gasteiger partial charge >= 0.3 is 0 Å². The molecule has 0 bridgehead atoms. The van der Waals surface area contributed by atoms with Crippen LogP contribution in [0, 0.1) is 18.7 Å². The van der Waals surface area contributed by atoms with Crippen LogP contribution in [0.5, 0.6) is 0 Å². The molecule has 1 aliphatic heterocycles. The van der Waals surface area contributed by atoms with Gasteiger partial charge in [-0.3, -0.25) is 4.99 Å². The maximum Gasteiger partial charge on any atom is 0.191 e. The van der Waals surface area contributed by atoms with Crippen LogP contribution in [-0.4, -0.2) is 44.1 Å². The third-order valence-electron chi connectivity index (χ3n) is 4.53. The van der Waals surface area contributed by atoms with E-state index in [9.17, 15) is 4.39 Å². The van der Waals surface area contributed by atoms with Crippen LogP contribution in [0.1, 0.15) is 30.9 Å². The number of benzene rings is 1. The molecule has 1 heterocycles. The highest BCUT2D eigenvalue weighted by atomic mass is 127. The van der Waals surface area contributed by atoms with E-state index >= 15 is 0 Å². The number of nitrogens with zero attached hydrogens (tertiary/aromatic N) is 2. The minimum atomic E-state index is -0.158. The molecule has 2 rings (SSSR count). The van der Waals surface area contributed by atoms with Gasteiger partial charge in [-0.05, 0) is 56.0 Å². The summed E-state index contributed by atoms with van der Waals surface area (Å²) in [5, 5.41) is 6.65. The van der Waals surface area contributed by atoms with E-state index in [0.29, 0.717) is 18.0 Å². The summed E-state index contributed by atoms with van der Waals surface area (Å²) in [5.41, 5.74) is 1.60. The number of nitrogens with one attached hydrogen (secondary N) is 2. The molecule has 1 fully saturated rings. The minimum absolute atomic E-state index is 0. The summed E-state index contributed by atoms with van der Waals surface area (Å²) in [5.74, 6) is 1.28. The van der Waals surface area contributed by atoms with Gasteiger partial charge in [-0.2, -0.15) is 0 Å². The number of hydrogen-bond donors (Lipinski definition) is 2. The number of aliphatic imine (C=N–C) groups is 1. The van der Waals surface area contributed by atoms with Gasteiger partial charge in [0.1, 0.15) is 5.82 Å². The quantitative estimate of drug-likeness (QED) is 0.413. The Kier molecular flexibility index (Phi) is 9.58. The van der Waals surface area contributed by atoms with Gasteiger partial charge in [0, 0.05) is 26.7 Å². The zero-order valence-electron chi connectivity index (χ0n) is 14.9. The van der Waals surface area contributed by atoms with E-state index in [2.05, 4.69) is 27.4 Å². The van der Waals surface area contributed by atoms with E-state index < -0.39 is 0 Å². The van der Waals surface area contributed by atoms with Crippen LogP contribution in [0.2, 0.25) is 0 Å². The van der Waals surface area contributed by atoms with Crippen molar-refractivity contribution < 1.29 is 4.39 Å². The first-order valence-corrected chi connectivity index (χ1v) is 8.54. The molecule has 0 amide bonds. The van der Waals surface area contributed by atoms with Crippen LogP contribution >= 0.6 is 24.0 Å². The van der Waals surface area contributed by atoms with Gasteiger partial charge in [0.25, 0.3) is 0 Å². The normalized spacial score (nSPS) is 18.8. The summed E-state index contributed by atoms with van der Waals surface area (Å²) in [6.07, 6.45) is 2.54. The highest BCUT2D eigenvalue weighted by Crippen LogP contribution is 2.15. The molecule has 136 valence electrons. The molecule has 1 aromatic rings. The van der Waals surface area contributed by atoms with Crippen molar-refractivity contribution in [1.82, 2.24) is 15.5 Å². The standard InChI is InChI=1S/C18H29FN4.HI/c1-4-23-9-5-6-16(13-23)12-22-18(20-3)21-11-15-8-7-14(2)17(19)10-15;/h7-8,10,16H,4-6,9,11-13H2,1-3H3,(H2,20,21,22);1H. The van der Waals surface area contributed by atoms with Crippen molar-refractivity contribution in [3.8, 4) is 0 Å². The van der Waals surface area contributed by atoms with Gasteiger partial charge in [-0.25, -0.2) is 4.39 Å². The van der Waals surface area contributed by atoms with Gasteiger partial charge in [0.15, 0.2) is 5.96 Å². The first-order valence-electron chi connectivity index (χ1n) is 8.54. The highest BCUT2D eigenvalue weighted by Gasteiger charge is 2.18. The lowest BCUT2D eigenvalue weighted by atomic mass is 9.98. The van der Waals surface area contributed by atoms with Crippen molar-refractivity contribution in [1.29, 1.82) is 0 Å². The topological polar surface area (TPSA) is 39.7 Å². The van der Waals surface area contributed by atoms with Crippen molar-refractivity contribution in [2.45, 2.75) is 33.2 Å². The Bertz CT molecular complexity index is 536. The average Bonchev–Trinajstić information content (AvgIpc) is 2.58. The molecule has 0 aromatic heterocycles. The molecule has 1 saturated heterocycles. The molecule has 1 atom stereocenters. The minimum Gasteiger partial charge on any atom is -0.356 e. The van der Waals surface area contributed by atoms with Gasteiger partial charge in [0.05, 0.1) is 0 Å². The molecular formula is C18H30FIN4. The SMILES string of the molecule is CCN1CCCC(CNC(=NC)NCc2ccc(C)c(F)c2)C1.I. The number of rotatable bonds is 5. The second-order valence-corrected chi connectivity index (χ2v) is 6.29. The molecule has 1 aromatic carbocycles. The molecule has 0 spiro atoms. The number of piperidine rings is 1. The molecule has 0 aliphatic carbocycles. The molecule has 1 unspecified atom stereocenters. The Morgan fingerprint density at radius 2 is 2.17 bits per heavy atom. The second kappa shape index (κ2) is 10.9. The predicted molar refractivity (Wildman–Crippen MR) is 110 cm³/mol. The lowest BCUT2D eigenvalue weighted by molar-refractivity contribution is 0.183. The van der Waals surface area contributed by atoms with E-state index in [-0.39, 0.29) is 29.8 Å². The monoisotopic (exact) mass is 448 g/mol. The Balaban J connectivity index is 0.00000288. The summed E-state index contributed by atoms with van der Waals surface area (Å²) in [4.78, 5) is 6.75. The smallest absolute Gasteiger partial charge is 0.191 e. The van der Waals surface area contributed by atoms with E-state index in [1.165, 1.54) is 19.4 Å².